The van der Waals surface area contributed by atoms with Gasteiger partial charge in [0.1, 0.15) is 11.6 Å². The maximum atomic E-state index is 5.95. The highest BCUT2D eigenvalue weighted by Gasteiger charge is 2.18. The summed E-state index contributed by atoms with van der Waals surface area (Å²) in [7, 11) is 0. The van der Waals surface area contributed by atoms with Gasteiger partial charge in [-0.15, -0.1) is 0 Å². The lowest BCUT2D eigenvalue weighted by Gasteiger charge is -2.17. The highest BCUT2D eigenvalue weighted by molar-refractivity contribution is 5.54. The Kier molecular flexibility index (Phi) is 2.76. The molecule has 94 valence electrons. The van der Waals surface area contributed by atoms with Gasteiger partial charge >= 0.3 is 0 Å². The Hall–Kier alpha value is -1.88. The average molecular weight is 245 g/mol. The van der Waals surface area contributed by atoms with Crippen LogP contribution in [0.4, 0.5) is 5.82 Å². The Labute approximate surface area is 105 Å². The second-order valence-corrected chi connectivity index (χ2v) is 4.28. The Morgan fingerprint density at radius 1 is 1.33 bits per heavy atom. The molecule has 1 aliphatic heterocycles. The van der Waals surface area contributed by atoms with Crippen molar-refractivity contribution in [1.29, 1.82) is 0 Å². The standard InChI is InChI=1S/C13H15N3O2/c1-2-8-3-4-11(18-8)13-15-10-5-6-17-7-9(10)12(14)16-13/h3-4H,2,5-7H2,1H3,(H2,14,15,16). The van der Waals surface area contributed by atoms with Crippen molar-refractivity contribution in [3.05, 3.63) is 29.2 Å². The number of furan rings is 1. The fourth-order valence-corrected chi connectivity index (χ4v) is 2.06. The Morgan fingerprint density at radius 2 is 2.22 bits per heavy atom. The van der Waals surface area contributed by atoms with Gasteiger partial charge in [-0.3, -0.25) is 0 Å². The van der Waals surface area contributed by atoms with E-state index >= 15 is 0 Å². The lowest BCUT2D eigenvalue weighted by Crippen LogP contribution is -2.16. The molecule has 0 spiro atoms. The lowest BCUT2D eigenvalue weighted by molar-refractivity contribution is 0.109. The van der Waals surface area contributed by atoms with Crippen LogP contribution in [-0.2, 0) is 24.2 Å². The van der Waals surface area contributed by atoms with Gasteiger partial charge in [0.25, 0.3) is 0 Å². The van der Waals surface area contributed by atoms with Crippen molar-refractivity contribution < 1.29 is 9.15 Å². The number of ether oxygens (including phenoxy) is 1. The molecule has 18 heavy (non-hydrogen) atoms. The number of nitrogens with two attached hydrogens (primary N) is 1. The van der Waals surface area contributed by atoms with Crippen LogP contribution < -0.4 is 5.73 Å². The summed E-state index contributed by atoms with van der Waals surface area (Å²) in [5, 5.41) is 0. The summed E-state index contributed by atoms with van der Waals surface area (Å²) >= 11 is 0. The predicted octanol–water partition coefficient (Wildman–Crippen LogP) is 1.95. The monoisotopic (exact) mass is 245 g/mol. The fraction of sp³-hybridized carbons (Fsp3) is 0.385. The van der Waals surface area contributed by atoms with Crippen LogP contribution in [0.25, 0.3) is 11.6 Å². The van der Waals surface area contributed by atoms with Gasteiger partial charge in [-0.1, -0.05) is 6.92 Å². The topological polar surface area (TPSA) is 74.2 Å². The number of hydrogen-bond acceptors (Lipinski definition) is 5. The Balaban J connectivity index is 2.04. The van der Waals surface area contributed by atoms with Gasteiger partial charge in [-0.25, -0.2) is 9.97 Å². The third kappa shape index (κ3) is 1.86. The molecule has 0 saturated heterocycles. The summed E-state index contributed by atoms with van der Waals surface area (Å²) in [5.41, 5.74) is 7.83. The van der Waals surface area contributed by atoms with Crippen molar-refractivity contribution in [3.8, 4) is 11.6 Å². The number of hydrogen-bond donors (Lipinski definition) is 1. The van der Waals surface area contributed by atoms with Gasteiger partial charge in [0.15, 0.2) is 11.6 Å². The molecule has 2 aromatic rings. The minimum absolute atomic E-state index is 0.490. The molecule has 0 aromatic carbocycles. The van der Waals surface area contributed by atoms with E-state index in [9.17, 15) is 0 Å². The van der Waals surface area contributed by atoms with E-state index in [0.717, 1.165) is 29.9 Å². The third-order valence-electron chi connectivity index (χ3n) is 3.08. The first kappa shape index (κ1) is 11.2. The van der Waals surface area contributed by atoms with E-state index in [4.69, 9.17) is 14.9 Å². The van der Waals surface area contributed by atoms with E-state index in [1.807, 2.05) is 19.1 Å². The highest BCUT2D eigenvalue weighted by Crippen LogP contribution is 2.25. The summed E-state index contributed by atoms with van der Waals surface area (Å²) < 4.78 is 11.0. The smallest absolute Gasteiger partial charge is 0.197 e. The van der Waals surface area contributed by atoms with Crippen LogP contribution in [0.1, 0.15) is 23.9 Å². The molecule has 3 heterocycles. The zero-order valence-electron chi connectivity index (χ0n) is 10.3. The number of rotatable bonds is 2. The third-order valence-corrected chi connectivity index (χ3v) is 3.08. The van der Waals surface area contributed by atoms with Gasteiger partial charge in [0, 0.05) is 18.4 Å². The SMILES string of the molecule is CCc1ccc(-c2nc(N)c3c(n2)CCOC3)o1. The van der Waals surface area contributed by atoms with Crippen LogP contribution in [0.5, 0.6) is 0 Å². The number of anilines is 1. The molecule has 3 rings (SSSR count). The zero-order valence-corrected chi connectivity index (χ0v) is 10.3. The van der Waals surface area contributed by atoms with E-state index < -0.39 is 0 Å². The maximum absolute atomic E-state index is 5.95. The molecule has 0 radical (unpaired) electrons. The van der Waals surface area contributed by atoms with Crippen LogP contribution in [-0.4, -0.2) is 16.6 Å². The first-order valence-electron chi connectivity index (χ1n) is 6.10. The molecule has 5 heteroatoms. The number of aromatic nitrogens is 2. The molecule has 0 saturated carbocycles. The molecule has 0 amide bonds. The van der Waals surface area contributed by atoms with Gasteiger partial charge in [-0.2, -0.15) is 0 Å². The van der Waals surface area contributed by atoms with E-state index in [-0.39, 0.29) is 0 Å². The molecule has 2 N–H and O–H groups in total. The Bertz CT molecular complexity index is 578. The lowest BCUT2D eigenvalue weighted by atomic mass is 10.1. The predicted molar refractivity (Wildman–Crippen MR) is 66.9 cm³/mol. The maximum Gasteiger partial charge on any atom is 0.197 e. The van der Waals surface area contributed by atoms with Crippen LogP contribution in [0.2, 0.25) is 0 Å². The molecule has 5 nitrogen and oxygen atoms in total. The number of fused-ring (bicyclic) bond motifs is 1. The summed E-state index contributed by atoms with van der Waals surface area (Å²) in [5.74, 6) is 2.65. The molecule has 0 unspecified atom stereocenters. The Morgan fingerprint density at radius 3 is 3.00 bits per heavy atom. The van der Waals surface area contributed by atoms with Crippen LogP contribution in [0, 0.1) is 0 Å². The van der Waals surface area contributed by atoms with Gasteiger partial charge < -0.3 is 14.9 Å². The molecule has 0 fully saturated rings. The molecule has 0 atom stereocenters. The molecular formula is C13H15N3O2. The van der Waals surface area contributed by atoms with E-state index in [0.29, 0.717) is 30.6 Å². The summed E-state index contributed by atoms with van der Waals surface area (Å²) in [4.78, 5) is 8.82. The quantitative estimate of drug-likeness (QED) is 0.875. The van der Waals surface area contributed by atoms with Crippen molar-refractivity contribution in [2.24, 2.45) is 0 Å². The van der Waals surface area contributed by atoms with Gasteiger partial charge in [-0.05, 0) is 12.1 Å². The average Bonchev–Trinajstić information content (AvgIpc) is 2.87. The first-order chi connectivity index (χ1) is 8.78. The van der Waals surface area contributed by atoms with Gasteiger partial charge in [0.05, 0.1) is 18.9 Å². The molecule has 2 aromatic heterocycles. The second-order valence-electron chi connectivity index (χ2n) is 4.28. The minimum atomic E-state index is 0.490. The summed E-state index contributed by atoms with van der Waals surface area (Å²) in [6.45, 7) is 3.23. The van der Waals surface area contributed by atoms with Crippen molar-refractivity contribution in [2.75, 3.05) is 12.3 Å². The summed E-state index contributed by atoms with van der Waals surface area (Å²) in [6, 6.07) is 3.83. The molecule has 0 aliphatic carbocycles. The van der Waals surface area contributed by atoms with Crippen LogP contribution in [0.15, 0.2) is 16.5 Å². The van der Waals surface area contributed by atoms with E-state index in [1.165, 1.54) is 0 Å². The molecule has 0 bridgehead atoms. The molecular weight excluding hydrogens is 230 g/mol. The largest absolute Gasteiger partial charge is 0.458 e. The van der Waals surface area contributed by atoms with Gasteiger partial charge in [0.2, 0.25) is 0 Å². The fourth-order valence-electron chi connectivity index (χ4n) is 2.06. The second kappa shape index (κ2) is 4.42. The minimum Gasteiger partial charge on any atom is -0.458 e. The summed E-state index contributed by atoms with van der Waals surface area (Å²) in [6.07, 6.45) is 1.63. The normalized spacial score (nSPS) is 14.5. The number of nitrogens with zero attached hydrogens (tertiary/aromatic N) is 2. The van der Waals surface area contributed by atoms with Crippen molar-refractivity contribution >= 4 is 5.82 Å². The van der Waals surface area contributed by atoms with E-state index in [1.54, 1.807) is 0 Å². The van der Waals surface area contributed by atoms with Crippen molar-refractivity contribution in [2.45, 2.75) is 26.4 Å². The first-order valence-corrected chi connectivity index (χ1v) is 6.10. The zero-order chi connectivity index (χ0) is 12.5. The van der Waals surface area contributed by atoms with Crippen molar-refractivity contribution in [1.82, 2.24) is 9.97 Å². The highest BCUT2D eigenvalue weighted by atomic mass is 16.5. The van der Waals surface area contributed by atoms with Crippen LogP contribution in [0.3, 0.4) is 0 Å². The van der Waals surface area contributed by atoms with Crippen LogP contribution >= 0.6 is 0 Å². The number of nitrogen functional groups attached to an aromatic ring is 1. The van der Waals surface area contributed by atoms with E-state index in [2.05, 4.69) is 9.97 Å². The molecule has 1 aliphatic rings. The van der Waals surface area contributed by atoms with Crippen molar-refractivity contribution in [3.63, 3.8) is 0 Å². The number of aryl methyl sites for hydroxylation is 1.